The highest BCUT2D eigenvalue weighted by molar-refractivity contribution is 7.86. The predicted octanol–water partition coefficient (Wildman–Crippen LogP) is 0.812. The average molecular weight is 306 g/mol. The molecule has 8 heteroatoms. The van der Waals surface area contributed by atoms with Crippen molar-refractivity contribution in [3.8, 4) is 0 Å². The van der Waals surface area contributed by atoms with Crippen molar-refractivity contribution in [2.75, 3.05) is 26.2 Å². The van der Waals surface area contributed by atoms with Gasteiger partial charge in [0.2, 0.25) is 0 Å². The Morgan fingerprint density at radius 1 is 1.35 bits per heavy atom. The van der Waals surface area contributed by atoms with Crippen molar-refractivity contribution >= 4 is 16.0 Å². The van der Waals surface area contributed by atoms with Gasteiger partial charge < -0.3 is 10.9 Å². The van der Waals surface area contributed by atoms with E-state index in [0.29, 0.717) is 19.6 Å². The van der Waals surface area contributed by atoms with Gasteiger partial charge in [-0.2, -0.15) is 17.0 Å². The maximum Gasteiger partial charge on any atom is 0.281 e. The van der Waals surface area contributed by atoms with Crippen LogP contribution in [0.3, 0.4) is 0 Å². The zero-order valence-electron chi connectivity index (χ0n) is 12.3. The summed E-state index contributed by atoms with van der Waals surface area (Å²) in [7, 11) is -3.45. The second kappa shape index (κ2) is 7.80. The Morgan fingerprint density at radius 3 is 2.45 bits per heavy atom. The highest BCUT2D eigenvalue weighted by Crippen LogP contribution is 2.18. The van der Waals surface area contributed by atoms with Gasteiger partial charge in [0.15, 0.2) is 0 Å². The molecule has 0 unspecified atom stereocenters. The molecule has 1 rings (SSSR count). The van der Waals surface area contributed by atoms with Gasteiger partial charge in [-0.15, -0.1) is 0 Å². The second-order valence-corrected chi connectivity index (χ2v) is 7.49. The summed E-state index contributed by atoms with van der Waals surface area (Å²) >= 11 is 0. The lowest BCUT2D eigenvalue weighted by Crippen LogP contribution is -2.48. The number of oxime groups is 1. The Morgan fingerprint density at radius 2 is 1.95 bits per heavy atom. The maximum absolute atomic E-state index is 12.6. The summed E-state index contributed by atoms with van der Waals surface area (Å²) in [5.41, 5.74) is 5.44. The van der Waals surface area contributed by atoms with Gasteiger partial charge in [-0.1, -0.05) is 25.4 Å². The van der Waals surface area contributed by atoms with Gasteiger partial charge in [-0.3, -0.25) is 0 Å². The Hall–Kier alpha value is -0.860. The van der Waals surface area contributed by atoms with Crippen molar-refractivity contribution < 1.29 is 13.6 Å². The van der Waals surface area contributed by atoms with E-state index in [1.807, 2.05) is 13.8 Å². The third kappa shape index (κ3) is 4.92. The van der Waals surface area contributed by atoms with Crippen LogP contribution < -0.4 is 5.73 Å². The fraction of sp³-hybridized carbons (Fsp3) is 0.917. The van der Waals surface area contributed by atoms with Gasteiger partial charge in [0.25, 0.3) is 10.2 Å². The van der Waals surface area contributed by atoms with Crippen LogP contribution in [-0.4, -0.2) is 54.3 Å². The standard InChI is InChI=1S/C12H26N4O3S/c1-11(2)10-16(9-6-12(13)14-17)20(18,19)15-7-4-3-5-8-15/h11,17H,3-10H2,1-2H3,(H2,13,14). The molecule has 1 saturated heterocycles. The molecule has 1 aliphatic rings. The summed E-state index contributed by atoms with van der Waals surface area (Å²) < 4.78 is 28.3. The van der Waals surface area contributed by atoms with Crippen LogP contribution in [0.15, 0.2) is 5.16 Å². The molecule has 3 N–H and O–H groups in total. The number of nitrogens with zero attached hydrogens (tertiary/aromatic N) is 3. The van der Waals surface area contributed by atoms with E-state index in [1.165, 1.54) is 4.31 Å². The molecule has 1 aliphatic heterocycles. The van der Waals surface area contributed by atoms with Crippen LogP contribution in [0.2, 0.25) is 0 Å². The van der Waals surface area contributed by atoms with Gasteiger partial charge in [0.1, 0.15) is 5.84 Å². The lowest BCUT2D eigenvalue weighted by atomic mass is 10.2. The number of hydrogen-bond donors (Lipinski definition) is 2. The highest BCUT2D eigenvalue weighted by atomic mass is 32.2. The first kappa shape index (κ1) is 17.2. The summed E-state index contributed by atoms with van der Waals surface area (Å²) in [6.45, 7) is 5.80. The Bertz CT molecular complexity index is 416. The van der Waals surface area contributed by atoms with E-state index in [9.17, 15) is 8.42 Å². The third-order valence-corrected chi connectivity index (χ3v) is 5.28. The van der Waals surface area contributed by atoms with E-state index in [1.54, 1.807) is 4.31 Å². The fourth-order valence-electron chi connectivity index (χ4n) is 2.26. The zero-order valence-corrected chi connectivity index (χ0v) is 13.1. The smallest absolute Gasteiger partial charge is 0.281 e. The molecule has 0 saturated carbocycles. The van der Waals surface area contributed by atoms with E-state index in [0.717, 1.165) is 19.3 Å². The molecule has 118 valence electrons. The first-order valence-electron chi connectivity index (χ1n) is 7.09. The quantitative estimate of drug-likeness (QED) is 0.315. The fourth-order valence-corrected chi connectivity index (χ4v) is 4.11. The van der Waals surface area contributed by atoms with Gasteiger partial charge >= 0.3 is 0 Å². The summed E-state index contributed by atoms with van der Waals surface area (Å²) in [4.78, 5) is 0. The van der Waals surface area contributed by atoms with Crippen molar-refractivity contribution in [1.29, 1.82) is 0 Å². The summed E-state index contributed by atoms with van der Waals surface area (Å²) in [5.74, 6) is 0.273. The van der Waals surface area contributed by atoms with Gasteiger partial charge in [-0.25, -0.2) is 0 Å². The van der Waals surface area contributed by atoms with Crippen molar-refractivity contribution in [1.82, 2.24) is 8.61 Å². The minimum Gasteiger partial charge on any atom is -0.409 e. The molecular weight excluding hydrogens is 280 g/mol. The largest absolute Gasteiger partial charge is 0.409 e. The monoisotopic (exact) mass is 306 g/mol. The molecule has 0 bridgehead atoms. The predicted molar refractivity (Wildman–Crippen MR) is 78.8 cm³/mol. The summed E-state index contributed by atoms with van der Waals surface area (Å²) in [5, 5.41) is 11.5. The third-order valence-electron chi connectivity index (χ3n) is 3.28. The molecule has 0 aromatic heterocycles. The molecule has 0 radical (unpaired) electrons. The molecule has 0 aromatic carbocycles. The molecular formula is C12H26N4O3S. The topological polar surface area (TPSA) is 99.2 Å². The number of nitrogens with two attached hydrogens (primary N) is 1. The van der Waals surface area contributed by atoms with Crippen LogP contribution in [0, 0.1) is 5.92 Å². The Balaban J connectivity index is 2.78. The molecule has 7 nitrogen and oxygen atoms in total. The lowest BCUT2D eigenvalue weighted by Gasteiger charge is -2.32. The molecule has 1 heterocycles. The van der Waals surface area contributed by atoms with E-state index < -0.39 is 10.2 Å². The Labute approximate surface area is 121 Å². The Kier molecular flexibility index (Phi) is 6.70. The highest BCUT2D eigenvalue weighted by Gasteiger charge is 2.30. The number of piperidine rings is 1. The number of rotatable bonds is 7. The summed E-state index contributed by atoms with van der Waals surface area (Å²) in [6, 6.07) is 0. The van der Waals surface area contributed by atoms with Crippen LogP contribution in [0.5, 0.6) is 0 Å². The maximum atomic E-state index is 12.6. The SMILES string of the molecule is CC(C)CN(CCC(N)=NO)S(=O)(=O)N1CCCCC1. The lowest BCUT2D eigenvalue weighted by molar-refractivity contribution is 0.290. The first-order chi connectivity index (χ1) is 9.37. The number of hydrogen-bond acceptors (Lipinski definition) is 4. The van der Waals surface area contributed by atoms with Crippen LogP contribution in [0.25, 0.3) is 0 Å². The zero-order chi connectivity index (χ0) is 15.2. The first-order valence-corrected chi connectivity index (χ1v) is 8.49. The van der Waals surface area contributed by atoms with Crippen molar-refractivity contribution in [2.45, 2.75) is 39.5 Å². The molecule has 0 amide bonds. The van der Waals surface area contributed by atoms with Gasteiger partial charge in [0.05, 0.1) is 0 Å². The number of amidine groups is 1. The molecule has 0 aromatic rings. The molecule has 0 atom stereocenters. The second-order valence-electron chi connectivity index (χ2n) is 5.56. The van der Waals surface area contributed by atoms with Gasteiger partial charge in [0, 0.05) is 32.6 Å². The minimum atomic E-state index is -3.45. The molecule has 0 spiro atoms. The minimum absolute atomic E-state index is 0.0487. The van der Waals surface area contributed by atoms with Crippen LogP contribution in [0.4, 0.5) is 0 Å². The van der Waals surface area contributed by atoms with E-state index in [4.69, 9.17) is 10.9 Å². The van der Waals surface area contributed by atoms with E-state index >= 15 is 0 Å². The molecule has 1 fully saturated rings. The van der Waals surface area contributed by atoms with Crippen molar-refractivity contribution in [3.63, 3.8) is 0 Å². The van der Waals surface area contributed by atoms with Crippen LogP contribution >= 0.6 is 0 Å². The van der Waals surface area contributed by atoms with E-state index in [2.05, 4.69) is 5.16 Å². The molecule has 20 heavy (non-hydrogen) atoms. The van der Waals surface area contributed by atoms with E-state index in [-0.39, 0.29) is 24.7 Å². The van der Waals surface area contributed by atoms with Crippen molar-refractivity contribution in [3.05, 3.63) is 0 Å². The normalized spacial score (nSPS) is 18.9. The average Bonchev–Trinajstić information content (AvgIpc) is 2.43. The van der Waals surface area contributed by atoms with Gasteiger partial charge in [-0.05, 0) is 18.8 Å². The van der Waals surface area contributed by atoms with Crippen molar-refractivity contribution in [2.24, 2.45) is 16.8 Å². The summed E-state index contributed by atoms with van der Waals surface area (Å²) in [6.07, 6.45) is 3.14. The van der Waals surface area contributed by atoms with Crippen LogP contribution in [-0.2, 0) is 10.2 Å². The van der Waals surface area contributed by atoms with Crippen LogP contribution in [0.1, 0.15) is 39.5 Å². The molecule has 0 aliphatic carbocycles.